The molecule has 2 nitrogen and oxygen atoms in total. The van der Waals surface area contributed by atoms with E-state index in [1.54, 1.807) is 0 Å². The van der Waals surface area contributed by atoms with Crippen LogP contribution in [0.1, 0.15) is 65.2 Å². The molecule has 0 radical (unpaired) electrons. The van der Waals surface area contributed by atoms with Gasteiger partial charge in [0.1, 0.15) is 0 Å². The van der Waals surface area contributed by atoms with Gasteiger partial charge in [0.05, 0.1) is 0 Å². The number of nitrogens with zero attached hydrogens (tertiary/aromatic N) is 1. The second kappa shape index (κ2) is 6.58. The van der Waals surface area contributed by atoms with Crippen LogP contribution in [-0.2, 0) is 0 Å². The quantitative estimate of drug-likeness (QED) is 0.789. The van der Waals surface area contributed by atoms with Gasteiger partial charge in [-0.3, -0.25) is 0 Å². The third-order valence-electron chi connectivity index (χ3n) is 5.92. The van der Waals surface area contributed by atoms with E-state index < -0.39 is 0 Å². The first-order valence-corrected chi connectivity index (χ1v) is 8.49. The van der Waals surface area contributed by atoms with Crippen molar-refractivity contribution in [3.63, 3.8) is 0 Å². The normalized spacial score (nSPS) is 34.3. The molecule has 0 amide bonds. The van der Waals surface area contributed by atoms with Gasteiger partial charge in [0.25, 0.3) is 0 Å². The average Bonchev–Trinajstić information content (AvgIpc) is 2.33. The highest BCUT2D eigenvalue weighted by molar-refractivity contribution is 5.02. The van der Waals surface area contributed by atoms with Crippen molar-refractivity contribution in [2.45, 2.75) is 76.8 Å². The van der Waals surface area contributed by atoms with Crippen LogP contribution < -0.4 is 5.32 Å². The van der Waals surface area contributed by atoms with Gasteiger partial charge in [0, 0.05) is 11.6 Å². The van der Waals surface area contributed by atoms with Gasteiger partial charge < -0.3 is 10.2 Å². The maximum absolute atomic E-state index is 3.85. The summed E-state index contributed by atoms with van der Waals surface area (Å²) in [6.45, 7) is 5.80. The summed E-state index contributed by atoms with van der Waals surface area (Å²) in [5.41, 5.74) is 0.415. The molecule has 0 saturated heterocycles. The Kier molecular flexibility index (Phi) is 5.30. The first-order chi connectivity index (χ1) is 9.08. The molecule has 2 fully saturated rings. The molecule has 0 spiro atoms. The molecule has 2 aliphatic carbocycles. The van der Waals surface area contributed by atoms with Crippen molar-refractivity contribution in [3.8, 4) is 0 Å². The summed E-state index contributed by atoms with van der Waals surface area (Å²) in [5, 5.41) is 3.85. The Morgan fingerprint density at radius 3 is 2.21 bits per heavy atom. The molecule has 0 aromatic rings. The fourth-order valence-corrected chi connectivity index (χ4v) is 4.17. The summed E-state index contributed by atoms with van der Waals surface area (Å²) in [6, 6.07) is 0.699. The highest BCUT2D eigenvalue weighted by Gasteiger charge is 2.43. The predicted molar refractivity (Wildman–Crippen MR) is 83.5 cm³/mol. The minimum atomic E-state index is 0.415. The lowest BCUT2D eigenvalue weighted by Crippen LogP contribution is -2.61. The van der Waals surface area contributed by atoms with Crippen LogP contribution in [0.5, 0.6) is 0 Å². The second-order valence-electron chi connectivity index (χ2n) is 7.32. The Balaban J connectivity index is 2.08. The number of likely N-dealkylation sites (N-methyl/N-ethyl adjacent to an activating group) is 2. The predicted octanol–water partition coefficient (Wildman–Crippen LogP) is 3.67. The first-order valence-electron chi connectivity index (χ1n) is 8.49. The number of hydrogen-bond donors (Lipinski definition) is 1. The Labute approximate surface area is 120 Å². The molecule has 1 unspecified atom stereocenters. The molecule has 2 saturated carbocycles. The van der Waals surface area contributed by atoms with Gasteiger partial charge in [0.15, 0.2) is 0 Å². The van der Waals surface area contributed by atoms with Crippen LogP contribution in [0.4, 0.5) is 0 Å². The van der Waals surface area contributed by atoms with Crippen LogP contribution >= 0.6 is 0 Å². The molecule has 0 aromatic carbocycles. The summed E-state index contributed by atoms with van der Waals surface area (Å²) in [4.78, 5) is 2.55. The van der Waals surface area contributed by atoms with E-state index in [1.807, 2.05) is 0 Å². The van der Waals surface area contributed by atoms with Crippen LogP contribution in [0, 0.1) is 11.8 Å². The van der Waals surface area contributed by atoms with E-state index in [4.69, 9.17) is 0 Å². The van der Waals surface area contributed by atoms with Gasteiger partial charge in [-0.25, -0.2) is 0 Å². The molecule has 2 aliphatic rings. The molecule has 112 valence electrons. The average molecular weight is 266 g/mol. The number of rotatable bonds is 6. The van der Waals surface area contributed by atoms with Crippen molar-refractivity contribution in [1.82, 2.24) is 10.2 Å². The summed E-state index contributed by atoms with van der Waals surface area (Å²) in [6.07, 6.45) is 11.4. The van der Waals surface area contributed by atoms with Crippen LogP contribution in [0.3, 0.4) is 0 Å². The summed E-state index contributed by atoms with van der Waals surface area (Å²) < 4.78 is 0. The third-order valence-corrected chi connectivity index (χ3v) is 5.92. The monoisotopic (exact) mass is 266 g/mol. The van der Waals surface area contributed by atoms with E-state index in [-0.39, 0.29) is 0 Å². The van der Waals surface area contributed by atoms with E-state index in [0.29, 0.717) is 11.6 Å². The summed E-state index contributed by atoms with van der Waals surface area (Å²) >= 11 is 0. The van der Waals surface area contributed by atoms with Crippen LogP contribution in [0.15, 0.2) is 0 Å². The van der Waals surface area contributed by atoms with Crippen molar-refractivity contribution in [1.29, 1.82) is 0 Å². The van der Waals surface area contributed by atoms with E-state index in [0.717, 1.165) is 18.4 Å². The SMILES string of the molecule is CCNC(CC1CCC1)C1(N(C)C)CCC(C)CC1. The number of hydrogen-bond acceptors (Lipinski definition) is 2. The fraction of sp³-hybridized carbons (Fsp3) is 1.00. The van der Waals surface area contributed by atoms with Gasteiger partial charge in [-0.2, -0.15) is 0 Å². The number of nitrogens with one attached hydrogen (secondary N) is 1. The molecule has 2 heteroatoms. The van der Waals surface area contributed by atoms with Crippen molar-refractivity contribution in [3.05, 3.63) is 0 Å². The van der Waals surface area contributed by atoms with Gasteiger partial charge in [-0.1, -0.05) is 33.1 Å². The minimum Gasteiger partial charge on any atom is -0.312 e. The molecule has 0 heterocycles. The Bertz CT molecular complexity index is 262. The second-order valence-corrected chi connectivity index (χ2v) is 7.32. The maximum Gasteiger partial charge on any atom is 0.0356 e. The largest absolute Gasteiger partial charge is 0.312 e. The van der Waals surface area contributed by atoms with Crippen LogP contribution in [-0.4, -0.2) is 37.1 Å². The van der Waals surface area contributed by atoms with E-state index in [2.05, 4.69) is 38.2 Å². The molecule has 19 heavy (non-hydrogen) atoms. The molecule has 2 rings (SSSR count). The zero-order chi connectivity index (χ0) is 13.9. The highest BCUT2D eigenvalue weighted by atomic mass is 15.2. The third kappa shape index (κ3) is 3.33. The van der Waals surface area contributed by atoms with Crippen LogP contribution in [0.2, 0.25) is 0 Å². The Morgan fingerprint density at radius 2 is 1.79 bits per heavy atom. The fourth-order valence-electron chi connectivity index (χ4n) is 4.17. The molecule has 1 atom stereocenters. The van der Waals surface area contributed by atoms with Crippen molar-refractivity contribution >= 4 is 0 Å². The standard InChI is InChI=1S/C17H34N2/c1-5-18-16(13-15-7-6-8-15)17(19(3)4)11-9-14(2)10-12-17/h14-16,18H,5-13H2,1-4H3. The van der Waals surface area contributed by atoms with Gasteiger partial charge in [-0.05, 0) is 64.6 Å². The highest BCUT2D eigenvalue weighted by Crippen LogP contribution is 2.41. The van der Waals surface area contributed by atoms with Crippen molar-refractivity contribution < 1.29 is 0 Å². The maximum atomic E-state index is 3.85. The van der Waals surface area contributed by atoms with Crippen molar-refractivity contribution in [2.24, 2.45) is 11.8 Å². The van der Waals surface area contributed by atoms with E-state index in [1.165, 1.54) is 51.4 Å². The zero-order valence-corrected chi connectivity index (χ0v) is 13.5. The van der Waals surface area contributed by atoms with Crippen LogP contribution in [0.25, 0.3) is 0 Å². The molecule has 0 bridgehead atoms. The van der Waals surface area contributed by atoms with E-state index in [9.17, 15) is 0 Å². The Hall–Kier alpha value is -0.0800. The van der Waals surface area contributed by atoms with Gasteiger partial charge in [-0.15, -0.1) is 0 Å². The van der Waals surface area contributed by atoms with E-state index >= 15 is 0 Å². The molecular weight excluding hydrogens is 232 g/mol. The molecule has 0 aromatic heterocycles. The smallest absolute Gasteiger partial charge is 0.0356 e. The lowest BCUT2D eigenvalue weighted by molar-refractivity contribution is 0.0295. The lowest BCUT2D eigenvalue weighted by Gasteiger charge is -2.51. The molecular formula is C17H34N2. The molecule has 1 N–H and O–H groups in total. The summed E-state index contributed by atoms with van der Waals surface area (Å²) in [7, 11) is 4.61. The van der Waals surface area contributed by atoms with Gasteiger partial charge >= 0.3 is 0 Å². The Morgan fingerprint density at radius 1 is 1.16 bits per heavy atom. The summed E-state index contributed by atoms with van der Waals surface area (Å²) in [5.74, 6) is 1.93. The lowest BCUT2D eigenvalue weighted by atomic mass is 9.68. The van der Waals surface area contributed by atoms with Crippen molar-refractivity contribution in [2.75, 3.05) is 20.6 Å². The minimum absolute atomic E-state index is 0.415. The topological polar surface area (TPSA) is 15.3 Å². The molecule has 0 aliphatic heterocycles. The first kappa shape index (κ1) is 15.3. The zero-order valence-electron chi connectivity index (χ0n) is 13.5. The van der Waals surface area contributed by atoms with Gasteiger partial charge in [0.2, 0.25) is 0 Å².